The molecule has 0 amide bonds. The summed E-state index contributed by atoms with van der Waals surface area (Å²) in [5.41, 5.74) is 1.30. The standard InChI is InChI=1S/C20H28N2O4/c1-21(2)9-14-15-10-22(11-20(15)5-4-16(14)26-20)8-13-6-17(23-3)19-18(7-13)24-12-25-19/h6-7,14-16H,4-5,8-12H2,1-3H3/t14-,15+,16+,20+/m0/s1. The lowest BCUT2D eigenvalue weighted by atomic mass is 9.73. The minimum absolute atomic E-state index is 0.0891. The Balaban J connectivity index is 1.34. The number of benzene rings is 1. The van der Waals surface area contributed by atoms with Crippen molar-refractivity contribution in [2.24, 2.45) is 11.8 Å². The smallest absolute Gasteiger partial charge is 0.231 e. The van der Waals surface area contributed by atoms with Crippen LogP contribution in [0.1, 0.15) is 18.4 Å². The van der Waals surface area contributed by atoms with Crippen LogP contribution < -0.4 is 14.2 Å². The summed E-state index contributed by atoms with van der Waals surface area (Å²) in [5.74, 6) is 3.59. The van der Waals surface area contributed by atoms with Crippen LogP contribution in [0.15, 0.2) is 12.1 Å². The molecule has 0 N–H and O–H groups in total. The number of rotatable bonds is 5. The molecule has 4 heterocycles. The fourth-order valence-corrected chi connectivity index (χ4v) is 5.61. The number of ether oxygens (including phenoxy) is 4. The van der Waals surface area contributed by atoms with E-state index in [1.807, 2.05) is 0 Å². The van der Waals surface area contributed by atoms with Crippen molar-refractivity contribution >= 4 is 0 Å². The molecule has 0 aromatic heterocycles. The number of hydrogen-bond acceptors (Lipinski definition) is 6. The Morgan fingerprint density at radius 2 is 2.19 bits per heavy atom. The van der Waals surface area contributed by atoms with Crippen LogP contribution in [-0.2, 0) is 11.3 Å². The lowest BCUT2D eigenvalue weighted by Crippen LogP contribution is -2.40. The van der Waals surface area contributed by atoms with E-state index in [0.717, 1.165) is 43.4 Å². The summed E-state index contributed by atoms with van der Waals surface area (Å²) in [5, 5.41) is 0. The molecule has 5 rings (SSSR count). The van der Waals surface area contributed by atoms with E-state index in [-0.39, 0.29) is 12.4 Å². The lowest BCUT2D eigenvalue weighted by molar-refractivity contribution is 0.00145. The Labute approximate surface area is 154 Å². The minimum Gasteiger partial charge on any atom is -0.493 e. The third-order valence-electron chi connectivity index (χ3n) is 6.55. The second kappa shape index (κ2) is 6.01. The molecule has 4 aliphatic heterocycles. The third-order valence-corrected chi connectivity index (χ3v) is 6.55. The quantitative estimate of drug-likeness (QED) is 0.800. The van der Waals surface area contributed by atoms with E-state index < -0.39 is 0 Å². The van der Waals surface area contributed by atoms with Crippen LogP contribution in [-0.4, -0.2) is 69.1 Å². The first-order chi connectivity index (χ1) is 12.6. The number of methoxy groups -OCH3 is 1. The number of hydrogen-bond donors (Lipinski definition) is 0. The van der Waals surface area contributed by atoms with Crippen LogP contribution in [0.3, 0.4) is 0 Å². The molecule has 0 unspecified atom stereocenters. The Bertz CT molecular complexity index is 709. The zero-order valence-electron chi connectivity index (χ0n) is 15.9. The highest BCUT2D eigenvalue weighted by Crippen LogP contribution is 2.55. The van der Waals surface area contributed by atoms with E-state index >= 15 is 0 Å². The molecule has 0 saturated carbocycles. The fraction of sp³-hybridized carbons (Fsp3) is 0.700. The van der Waals surface area contributed by atoms with Gasteiger partial charge in [0.1, 0.15) is 0 Å². The number of likely N-dealkylation sites (tertiary alicyclic amines) is 1. The van der Waals surface area contributed by atoms with Crippen LogP contribution in [0, 0.1) is 11.8 Å². The van der Waals surface area contributed by atoms with Crippen molar-refractivity contribution in [2.45, 2.75) is 31.1 Å². The van der Waals surface area contributed by atoms with E-state index in [1.54, 1.807) is 7.11 Å². The van der Waals surface area contributed by atoms with Gasteiger partial charge in [-0.2, -0.15) is 0 Å². The zero-order chi connectivity index (χ0) is 17.9. The summed E-state index contributed by atoms with van der Waals surface area (Å²) in [7, 11) is 6.02. The molecule has 1 aromatic rings. The van der Waals surface area contributed by atoms with Crippen LogP contribution in [0.25, 0.3) is 0 Å². The summed E-state index contributed by atoms with van der Waals surface area (Å²) in [4.78, 5) is 4.86. The second-order valence-corrected chi connectivity index (χ2v) is 8.49. The van der Waals surface area contributed by atoms with Crippen molar-refractivity contribution in [3.8, 4) is 17.2 Å². The largest absolute Gasteiger partial charge is 0.493 e. The van der Waals surface area contributed by atoms with Crippen LogP contribution in [0.2, 0.25) is 0 Å². The molecular formula is C20H28N2O4. The maximum absolute atomic E-state index is 6.55. The molecule has 6 nitrogen and oxygen atoms in total. The Morgan fingerprint density at radius 1 is 1.31 bits per heavy atom. The molecule has 2 bridgehead atoms. The maximum Gasteiger partial charge on any atom is 0.231 e. The molecule has 3 saturated heterocycles. The first-order valence-corrected chi connectivity index (χ1v) is 9.59. The molecule has 1 spiro atoms. The normalized spacial score (nSPS) is 34.7. The van der Waals surface area contributed by atoms with Gasteiger partial charge >= 0.3 is 0 Å². The van der Waals surface area contributed by atoms with Gasteiger partial charge in [-0.3, -0.25) is 4.90 Å². The fourth-order valence-electron chi connectivity index (χ4n) is 5.61. The summed E-state index contributed by atoms with van der Waals surface area (Å²) < 4.78 is 23.1. The molecule has 3 fully saturated rings. The molecule has 26 heavy (non-hydrogen) atoms. The van der Waals surface area contributed by atoms with E-state index in [0.29, 0.717) is 17.9 Å². The average molecular weight is 360 g/mol. The third kappa shape index (κ3) is 2.50. The molecule has 4 atom stereocenters. The highest BCUT2D eigenvalue weighted by atomic mass is 16.7. The summed E-state index contributed by atoms with van der Waals surface area (Å²) in [6.07, 6.45) is 2.91. The Hall–Kier alpha value is -1.50. The highest BCUT2D eigenvalue weighted by molar-refractivity contribution is 5.55. The van der Waals surface area contributed by atoms with Crippen LogP contribution >= 0.6 is 0 Å². The Morgan fingerprint density at radius 3 is 3.00 bits per heavy atom. The topological polar surface area (TPSA) is 43.4 Å². The summed E-state index contributed by atoms with van der Waals surface area (Å²) in [6, 6.07) is 4.17. The SMILES string of the molecule is COc1cc(CN2C[C@@H]3[C@H](CN(C)C)[C@H]4CC[C@]3(C2)O4)cc2c1OCO2. The zero-order valence-corrected chi connectivity index (χ0v) is 15.9. The van der Waals surface area contributed by atoms with Gasteiger partial charge in [-0.1, -0.05) is 0 Å². The van der Waals surface area contributed by atoms with Crippen molar-refractivity contribution in [3.63, 3.8) is 0 Å². The van der Waals surface area contributed by atoms with E-state index in [1.165, 1.54) is 18.4 Å². The van der Waals surface area contributed by atoms with Gasteiger partial charge in [0.25, 0.3) is 0 Å². The number of nitrogens with zero attached hydrogens (tertiary/aromatic N) is 2. The average Bonchev–Trinajstić information content (AvgIpc) is 3.34. The number of fused-ring (bicyclic) bond motifs is 2. The maximum atomic E-state index is 6.55. The predicted molar refractivity (Wildman–Crippen MR) is 96.8 cm³/mol. The molecule has 1 aromatic carbocycles. The van der Waals surface area contributed by atoms with E-state index in [9.17, 15) is 0 Å². The van der Waals surface area contributed by atoms with Gasteiger partial charge in [0.15, 0.2) is 11.5 Å². The molecule has 6 heteroatoms. The van der Waals surface area contributed by atoms with E-state index in [4.69, 9.17) is 18.9 Å². The molecule has 0 radical (unpaired) electrons. The van der Waals surface area contributed by atoms with Crippen LogP contribution in [0.5, 0.6) is 17.2 Å². The lowest BCUT2D eigenvalue weighted by Gasteiger charge is -2.31. The summed E-state index contributed by atoms with van der Waals surface area (Å²) >= 11 is 0. The molecule has 4 aliphatic rings. The predicted octanol–water partition coefficient (Wildman–Crippen LogP) is 1.96. The van der Waals surface area contributed by atoms with Crippen molar-refractivity contribution in [1.29, 1.82) is 0 Å². The van der Waals surface area contributed by atoms with Gasteiger partial charge in [0.05, 0.1) is 18.8 Å². The highest BCUT2D eigenvalue weighted by Gasteiger charge is 2.62. The van der Waals surface area contributed by atoms with Gasteiger partial charge in [-0.25, -0.2) is 0 Å². The van der Waals surface area contributed by atoms with Gasteiger partial charge in [0.2, 0.25) is 12.5 Å². The summed E-state index contributed by atoms with van der Waals surface area (Å²) in [6.45, 7) is 4.45. The van der Waals surface area contributed by atoms with Gasteiger partial charge in [0, 0.05) is 38.0 Å². The van der Waals surface area contributed by atoms with Gasteiger partial charge in [-0.15, -0.1) is 0 Å². The van der Waals surface area contributed by atoms with Crippen molar-refractivity contribution in [1.82, 2.24) is 9.80 Å². The van der Waals surface area contributed by atoms with Gasteiger partial charge < -0.3 is 23.8 Å². The van der Waals surface area contributed by atoms with Crippen molar-refractivity contribution in [3.05, 3.63) is 17.7 Å². The van der Waals surface area contributed by atoms with E-state index in [2.05, 4.69) is 36.0 Å². The minimum atomic E-state index is 0.0891. The van der Waals surface area contributed by atoms with Crippen molar-refractivity contribution < 1.29 is 18.9 Å². The van der Waals surface area contributed by atoms with Crippen molar-refractivity contribution in [2.75, 3.05) is 47.6 Å². The Kier molecular flexibility index (Phi) is 3.85. The first kappa shape index (κ1) is 16.7. The first-order valence-electron chi connectivity index (χ1n) is 9.59. The second-order valence-electron chi connectivity index (χ2n) is 8.49. The molecule has 142 valence electrons. The monoisotopic (exact) mass is 360 g/mol. The molecular weight excluding hydrogens is 332 g/mol. The molecule has 0 aliphatic carbocycles. The van der Waals surface area contributed by atoms with Gasteiger partial charge in [-0.05, 0) is 44.6 Å². The van der Waals surface area contributed by atoms with Crippen LogP contribution in [0.4, 0.5) is 0 Å².